The van der Waals surface area contributed by atoms with Crippen LogP contribution in [0.4, 0.5) is 4.79 Å². The molecule has 0 aliphatic carbocycles. The summed E-state index contributed by atoms with van der Waals surface area (Å²) in [6, 6.07) is 9.20. The van der Waals surface area contributed by atoms with Crippen molar-refractivity contribution in [2.24, 2.45) is 0 Å². The fourth-order valence-electron chi connectivity index (χ4n) is 3.94. The summed E-state index contributed by atoms with van der Waals surface area (Å²) in [6.45, 7) is 2.00. The minimum Gasteiger partial charge on any atom is -0.501 e. The van der Waals surface area contributed by atoms with Crippen LogP contribution in [0.1, 0.15) is 41.6 Å². The van der Waals surface area contributed by atoms with Crippen LogP contribution in [-0.2, 0) is 32.9 Å². The summed E-state index contributed by atoms with van der Waals surface area (Å²) in [6.07, 6.45) is -0.0763. The van der Waals surface area contributed by atoms with E-state index in [1.165, 1.54) is 4.57 Å². The van der Waals surface area contributed by atoms with E-state index in [9.17, 15) is 19.5 Å². The number of amides is 1. The van der Waals surface area contributed by atoms with Crippen LogP contribution in [0.15, 0.2) is 35.1 Å². The molecule has 31 heavy (non-hydrogen) atoms. The number of nitrogens with one attached hydrogen (secondary N) is 1. The predicted octanol–water partition coefficient (Wildman–Crippen LogP) is 1.44. The van der Waals surface area contributed by atoms with Gasteiger partial charge in [0.25, 0.3) is 5.56 Å². The molecule has 2 unspecified atom stereocenters. The lowest BCUT2D eigenvalue weighted by molar-refractivity contribution is 0.0511. The van der Waals surface area contributed by atoms with Gasteiger partial charge in [-0.2, -0.15) is 0 Å². The number of hydrogen-bond acceptors (Lipinski definition) is 8. The van der Waals surface area contributed by atoms with Crippen LogP contribution in [0.25, 0.3) is 0 Å². The minimum absolute atomic E-state index is 0.0532. The highest BCUT2D eigenvalue weighted by Gasteiger charge is 2.49. The standard InChI is InChI=1S/C21H23N3O7/c1-2-29-18(27)15-16(25)17(26)24-9-8-14-10-21(12-31-14,19(24)22-15)23-20(28)30-11-13-6-4-3-5-7-13/h3-7,14,25H,2,8-12H2,1H3,(H,23,28). The van der Waals surface area contributed by atoms with Crippen LogP contribution < -0.4 is 10.9 Å². The summed E-state index contributed by atoms with van der Waals surface area (Å²) in [5.41, 5.74) is -1.61. The topological polar surface area (TPSA) is 129 Å². The van der Waals surface area contributed by atoms with E-state index in [2.05, 4.69) is 10.3 Å². The Bertz CT molecular complexity index is 1050. The third-order valence-electron chi connectivity index (χ3n) is 5.41. The Labute approximate surface area is 177 Å². The second-order valence-electron chi connectivity index (χ2n) is 7.50. The summed E-state index contributed by atoms with van der Waals surface area (Å²) in [5, 5.41) is 13.0. The molecule has 1 aromatic heterocycles. The molecule has 2 N–H and O–H groups in total. The highest BCUT2D eigenvalue weighted by Crippen LogP contribution is 2.37. The van der Waals surface area contributed by atoms with E-state index in [1.807, 2.05) is 30.3 Å². The van der Waals surface area contributed by atoms with Gasteiger partial charge in [0, 0.05) is 13.0 Å². The van der Waals surface area contributed by atoms with Gasteiger partial charge in [-0.15, -0.1) is 0 Å². The van der Waals surface area contributed by atoms with Crippen LogP contribution in [0.5, 0.6) is 5.75 Å². The van der Waals surface area contributed by atoms with Crippen LogP contribution in [0, 0.1) is 0 Å². The van der Waals surface area contributed by atoms with Crippen molar-refractivity contribution < 1.29 is 28.9 Å². The summed E-state index contributed by atoms with van der Waals surface area (Å²) in [5.74, 6) is -1.56. The number of hydrogen-bond donors (Lipinski definition) is 2. The van der Waals surface area contributed by atoms with Crippen LogP contribution in [-0.4, -0.2) is 46.0 Å². The van der Waals surface area contributed by atoms with E-state index in [1.54, 1.807) is 6.92 Å². The molecule has 0 saturated carbocycles. The quantitative estimate of drug-likeness (QED) is 0.683. The Hall–Kier alpha value is -3.40. The number of aromatic nitrogens is 2. The Morgan fingerprint density at radius 3 is 2.84 bits per heavy atom. The number of esters is 1. The SMILES string of the molecule is CCOC(=O)c1nc2n(c(=O)c1O)CCC1CC2(NC(=O)OCc2ccccc2)CO1. The molecule has 0 spiro atoms. The molecule has 4 rings (SSSR count). The first-order valence-electron chi connectivity index (χ1n) is 10.1. The Morgan fingerprint density at radius 2 is 2.10 bits per heavy atom. The number of rotatable bonds is 5. The maximum absolute atomic E-state index is 12.8. The molecule has 1 aromatic carbocycles. The monoisotopic (exact) mass is 429 g/mol. The van der Waals surface area contributed by atoms with Gasteiger partial charge in [0.05, 0.1) is 19.3 Å². The molecule has 164 valence electrons. The predicted molar refractivity (Wildman–Crippen MR) is 107 cm³/mol. The maximum atomic E-state index is 12.8. The van der Waals surface area contributed by atoms with Crippen molar-refractivity contribution in [3.05, 3.63) is 57.8 Å². The average molecular weight is 429 g/mol. The molecule has 1 amide bonds. The third kappa shape index (κ3) is 3.98. The van der Waals surface area contributed by atoms with Gasteiger partial charge in [-0.25, -0.2) is 14.6 Å². The summed E-state index contributed by atoms with van der Waals surface area (Å²) < 4.78 is 17.3. The molecule has 2 aliphatic rings. The summed E-state index contributed by atoms with van der Waals surface area (Å²) >= 11 is 0. The summed E-state index contributed by atoms with van der Waals surface area (Å²) in [4.78, 5) is 41.9. The van der Waals surface area contributed by atoms with Gasteiger partial charge in [0.1, 0.15) is 18.0 Å². The highest BCUT2D eigenvalue weighted by molar-refractivity contribution is 5.90. The smallest absolute Gasteiger partial charge is 0.408 e. The van der Waals surface area contributed by atoms with Gasteiger partial charge < -0.3 is 24.6 Å². The largest absolute Gasteiger partial charge is 0.501 e. The second-order valence-corrected chi connectivity index (χ2v) is 7.50. The zero-order valence-corrected chi connectivity index (χ0v) is 17.0. The second kappa shape index (κ2) is 8.38. The number of aromatic hydroxyl groups is 1. The Balaban J connectivity index is 1.67. The molecular weight excluding hydrogens is 406 g/mol. The fraction of sp³-hybridized carbons (Fsp3) is 0.429. The van der Waals surface area contributed by atoms with Crippen LogP contribution in [0.2, 0.25) is 0 Å². The number of fused-ring (bicyclic) bond motifs is 4. The summed E-state index contributed by atoms with van der Waals surface area (Å²) in [7, 11) is 0. The molecule has 10 heteroatoms. The highest BCUT2D eigenvalue weighted by atomic mass is 16.6. The van der Waals surface area contributed by atoms with Gasteiger partial charge in [-0.3, -0.25) is 9.36 Å². The number of benzene rings is 1. The number of carbonyl (C=O) groups is 2. The zero-order chi connectivity index (χ0) is 22.0. The average Bonchev–Trinajstić information content (AvgIpc) is 3.10. The lowest BCUT2D eigenvalue weighted by Crippen LogP contribution is -2.50. The molecule has 0 radical (unpaired) electrons. The first-order valence-corrected chi connectivity index (χ1v) is 10.1. The number of ether oxygens (including phenoxy) is 3. The van der Waals surface area contributed by atoms with Crippen LogP contribution >= 0.6 is 0 Å². The lowest BCUT2D eigenvalue weighted by Gasteiger charge is -2.29. The first kappa shape index (κ1) is 20.9. The van der Waals surface area contributed by atoms with Gasteiger partial charge in [0.15, 0.2) is 5.69 Å². The van der Waals surface area contributed by atoms with E-state index < -0.39 is 34.6 Å². The molecule has 3 heterocycles. The molecule has 2 atom stereocenters. The van der Waals surface area contributed by atoms with Crippen molar-refractivity contribution in [2.75, 3.05) is 13.2 Å². The van der Waals surface area contributed by atoms with Gasteiger partial charge in [0.2, 0.25) is 5.75 Å². The van der Waals surface area contributed by atoms with Gasteiger partial charge in [-0.05, 0) is 18.9 Å². The van der Waals surface area contributed by atoms with Crippen molar-refractivity contribution in [1.29, 1.82) is 0 Å². The van der Waals surface area contributed by atoms with Gasteiger partial charge in [-0.1, -0.05) is 30.3 Å². The van der Waals surface area contributed by atoms with Crippen LogP contribution in [0.3, 0.4) is 0 Å². The Kier molecular flexibility index (Phi) is 5.64. The third-order valence-corrected chi connectivity index (χ3v) is 5.41. The Morgan fingerprint density at radius 1 is 1.32 bits per heavy atom. The first-order chi connectivity index (χ1) is 14.9. The minimum atomic E-state index is -1.18. The van der Waals surface area contributed by atoms with E-state index in [0.717, 1.165) is 5.56 Å². The molecule has 1 saturated heterocycles. The van der Waals surface area contributed by atoms with Crippen molar-refractivity contribution >= 4 is 12.1 Å². The van der Waals surface area contributed by atoms with Crippen molar-refractivity contribution in [3.63, 3.8) is 0 Å². The molecule has 2 aliphatic heterocycles. The molecule has 1 fully saturated rings. The van der Waals surface area contributed by atoms with E-state index >= 15 is 0 Å². The zero-order valence-electron chi connectivity index (χ0n) is 17.0. The fourth-order valence-corrected chi connectivity index (χ4v) is 3.94. The number of nitrogens with zero attached hydrogens (tertiary/aromatic N) is 2. The van der Waals surface area contributed by atoms with Crippen molar-refractivity contribution in [2.45, 2.75) is 44.6 Å². The van der Waals surface area contributed by atoms with E-state index in [-0.39, 0.29) is 38.3 Å². The number of carbonyl (C=O) groups excluding carboxylic acids is 2. The normalized spacial score (nSPS) is 21.6. The molecular formula is C21H23N3O7. The molecule has 2 aromatic rings. The van der Waals surface area contributed by atoms with Gasteiger partial charge >= 0.3 is 12.1 Å². The lowest BCUT2D eigenvalue weighted by atomic mass is 9.94. The van der Waals surface area contributed by atoms with E-state index in [4.69, 9.17) is 14.2 Å². The van der Waals surface area contributed by atoms with Crippen molar-refractivity contribution in [1.82, 2.24) is 14.9 Å². The van der Waals surface area contributed by atoms with Crippen molar-refractivity contribution in [3.8, 4) is 5.75 Å². The maximum Gasteiger partial charge on any atom is 0.408 e. The number of alkyl carbamates (subject to hydrolysis) is 1. The molecule has 2 bridgehead atoms. The molecule has 10 nitrogen and oxygen atoms in total. The van der Waals surface area contributed by atoms with E-state index in [0.29, 0.717) is 12.8 Å².